The molecule has 14 heavy (non-hydrogen) atoms. The van der Waals surface area contributed by atoms with Crippen LogP contribution in [0.4, 0.5) is 0 Å². The molecule has 6 nitrogen and oxygen atoms in total. The lowest BCUT2D eigenvalue weighted by Crippen LogP contribution is -1.99. The van der Waals surface area contributed by atoms with E-state index in [4.69, 9.17) is 18.4 Å². The number of imidazole rings is 1. The Labute approximate surface area is 84.0 Å². The van der Waals surface area contributed by atoms with Crippen molar-refractivity contribution in [2.24, 2.45) is 0 Å². The number of hydrogen-bond donors (Lipinski definition) is 3. The largest absolute Gasteiger partial charge is 0.385 e. The minimum absolute atomic E-state index is 0.534. The highest BCUT2D eigenvalue weighted by Crippen LogP contribution is 2.08. The maximum absolute atomic E-state index is 9.09. The number of aromatic nitrogens is 2. The fourth-order valence-corrected chi connectivity index (χ4v) is 0.803. The van der Waals surface area contributed by atoms with Gasteiger partial charge >= 0.3 is 0 Å². The highest BCUT2D eigenvalue weighted by Gasteiger charge is 2.04. The van der Waals surface area contributed by atoms with E-state index in [1.54, 1.807) is 30.1 Å². The van der Waals surface area contributed by atoms with E-state index in [0.717, 1.165) is 0 Å². The second-order valence-corrected chi connectivity index (χ2v) is 2.74. The fourth-order valence-electron chi connectivity index (χ4n) is 0.803. The van der Waals surface area contributed by atoms with Gasteiger partial charge in [0.05, 0.1) is 0 Å². The summed E-state index contributed by atoms with van der Waals surface area (Å²) >= 11 is -2.61. The van der Waals surface area contributed by atoms with E-state index in [2.05, 4.69) is 11.6 Å². The third-order valence-corrected chi connectivity index (χ3v) is 1.27. The molecular formula is C7H12N2O4S. The molecule has 1 unspecified atom stereocenters. The summed E-state index contributed by atoms with van der Waals surface area (Å²) in [5, 5.41) is 9.09. The Hall–Kier alpha value is -1.02. The van der Waals surface area contributed by atoms with Crippen molar-refractivity contribution in [1.82, 2.24) is 9.55 Å². The van der Waals surface area contributed by atoms with Crippen LogP contribution in [-0.2, 0) is 11.4 Å². The van der Waals surface area contributed by atoms with E-state index in [0.29, 0.717) is 5.82 Å². The molecule has 80 valence electrons. The number of nitrogens with zero attached hydrogens (tertiary/aromatic N) is 2. The molecule has 0 aliphatic carbocycles. The van der Waals surface area contributed by atoms with Crippen LogP contribution in [0.25, 0.3) is 6.20 Å². The lowest BCUT2D eigenvalue weighted by atomic mass is 10.4. The predicted molar refractivity (Wildman–Crippen MR) is 52.6 cm³/mol. The molecule has 1 aromatic rings. The minimum Gasteiger partial charge on any atom is -0.385 e. The zero-order valence-electron chi connectivity index (χ0n) is 7.57. The van der Waals surface area contributed by atoms with Crippen molar-refractivity contribution in [2.45, 2.75) is 13.0 Å². The van der Waals surface area contributed by atoms with Gasteiger partial charge in [-0.1, -0.05) is 6.58 Å². The van der Waals surface area contributed by atoms with Gasteiger partial charge in [-0.3, -0.25) is 9.11 Å². The van der Waals surface area contributed by atoms with Crippen molar-refractivity contribution in [3.63, 3.8) is 0 Å². The molecule has 0 bridgehead atoms. The van der Waals surface area contributed by atoms with Gasteiger partial charge in [0.15, 0.2) is 0 Å². The van der Waals surface area contributed by atoms with Crippen LogP contribution in [0.2, 0.25) is 0 Å². The summed E-state index contributed by atoms with van der Waals surface area (Å²) in [5.74, 6) is 0.620. The standard InChI is InChI=1S/C7H10N2O.H2O3S/c1-3-9-5-4-8-7(9)6(2)10;1-4(2)3/h3-6,10H,1H2,2H3;(H2,1,2,3). The zero-order chi connectivity index (χ0) is 11.1. The normalized spacial score (nSPS) is 11.8. The van der Waals surface area contributed by atoms with Gasteiger partial charge in [0, 0.05) is 18.6 Å². The van der Waals surface area contributed by atoms with Crippen LogP contribution < -0.4 is 0 Å². The van der Waals surface area contributed by atoms with Crippen LogP contribution in [-0.4, -0.2) is 28.0 Å². The lowest BCUT2D eigenvalue weighted by molar-refractivity contribution is 0.188. The second kappa shape index (κ2) is 6.44. The van der Waals surface area contributed by atoms with Gasteiger partial charge in [0.25, 0.3) is 11.4 Å². The SMILES string of the molecule is C=Cn1ccnc1C(C)O.O=S(O)O. The smallest absolute Gasteiger partial charge is 0.299 e. The highest BCUT2D eigenvalue weighted by molar-refractivity contribution is 7.73. The Kier molecular flexibility index (Phi) is 5.97. The molecule has 0 saturated heterocycles. The van der Waals surface area contributed by atoms with E-state index in [1.807, 2.05) is 0 Å². The number of rotatable bonds is 2. The molecular weight excluding hydrogens is 208 g/mol. The van der Waals surface area contributed by atoms with Gasteiger partial charge in [-0.2, -0.15) is 4.21 Å². The van der Waals surface area contributed by atoms with E-state index < -0.39 is 17.5 Å². The number of aliphatic hydroxyl groups is 1. The Bertz CT molecular complexity index is 306. The first-order valence-corrected chi connectivity index (χ1v) is 4.68. The first-order valence-electron chi connectivity index (χ1n) is 3.62. The Morgan fingerprint density at radius 3 is 2.50 bits per heavy atom. The highest BCUT2D eigenvalue weighted by atomic mass is 32.2. The molecule has 0 fully saturated rings. The topological polar surface area (TPSA) is 95.6 Å². The first-order chi connectivity index (χ1) is 6.49. The number of aliphatic hydroxyl groups excluding tert-OH is 1. The summed E-state index contributed by atoms with van der Waals surface area (Å²) in [6.07, 6.45) is 4.45. The molecule has 0 aliphatic rings. The van der Waals surface area contributed by atoms with E-state index in [-0.39, 0.29) is 0 Å². The molecule has 1 atom stereocenters. The van der Waals surface area contributed by atoms with Crippen LogP contribution in [0.15, 0.2) is 19.0 Å². The lowest BCUT2D eigenvalue weighted by Gasteiger charge is -2.02. The summed E-state index contributed by atoms with van der Waals surface area (Å²) in [4.78, 5) is 3.93. The molecule has 0 aliphatic heterocycles. The molecule has 1 heterocycles. The molecule has 0 spiro atoms. The first kappa shape index (κ1) is 13.0. The van der Waals surface area contributed by atoms with Crippen LogP contribution in [0, 0.1) is 0 Å². The maximum atomic E-state index is 9.09. The van der Waals surface area contributed by atoms with Crippen LogP contribution >= 0.6 is 0 Å². The van der Waals surface area contributed by atoms with Crippen LogP contribution in [0.3, 0.4) is 0 Å². The van der Waals surface area contributed by atoms with E-state index in [9.17, 15) is 0 Å². The Morgan fingerprint density at radius 2 is 2.21 bits per heavy atom. The molecule has 0 radical (unpaired) electrons. The van der Waals surface area contributed by atoms with Crippen molar-refractivity contribution in [3.05, 3.63) is 24.8 Å². The van der Waals surface area contributed by atoms with Crippen molar-refractivity contribution in [1.29, 1.82) is 0 Å². The van der Waals surface area contributed by atoms with Gasteiger partial charge < -0.3 is 9.67 Å². The van der Waals surface area contributed by atoms with Crippen molar-refractivity contribution in [3.8, 4) is 0 Å². The van der Waals surface area contributed by atoms with E-state index >= 15 is 0 Å². The van der Waals surface area contributed by atoms with Gasteiger partial charge in [0.1, 0.15) is 11.9 Å². The van der Waals surface area contributed by atoms with Crippen molar-refractivity contribution >= 4 is 17.6 Å². The summed E-state index contributed by atoms with van der Waals surface area (Å²) < 4.78 is 24.5. The summed E-state index contributed by atoms with van der Waals surface area (Å²) in [7, 11) is 0. The zero-order valence-corrected chi connectivity index (χ0v) is 8.39. The van der Waals surface area contributed by atoms with Crippen LogP contribution in [0.5, 0.6) is 0 Å². The van der Waals surface area contributed by atoms with Crippen molar-refractivity contribution < 1.29 is 18.4 Å². The quantitative estimate of drug-likeness (QED) is 0.638. The summed E-state index contributed by atoms with van der Waals surface area (Å²) in [6, 6.07) is 0. The molecule has 1 aromatic heterocycles. The van der Waals surface area contributed by atoms with Gasteiger partial charge in [-0.15, -0.1) is 0 Å². The summed E-state index contributed by atoms with van der Waals surface area (Å²) in [5.41, 5.74) is 0. The third kappa shape index (κ3) is 4.87. The van der Waals surface area contributed by atoms with Gasteiger partial charge in [-0.25, -0.2) is 4.98 Å². The molecule has 0 amide bonds. The average molecular weight is 220 g/mol. The molecule has 3 N–H and O–H groups in total. The fraction of sp³-hybridized carbons (Fsp3) is 0.286. The van der Waals surface area contributed by atoms with Gasteiger partial charge in [0.2, 0.25) is 0 Å². The molecule has 0 aromatic carbocycles. The third-order valence-electron chi connectivity index (χ3n) is 1.27. The van der Waals surface area contributed by atoms with E-state index in [1.165, 1.54) is 0 Å². The van der Waals surface area contributed by atoms with Crippen molar-refractivity contribution in [2.75, 3.05) is 0 Å². The maximum Gasteiger partial charge on any atom is 0.299 e. The monoisotopic (exact) mass is 220 g/mol. The predicted octanol–water partition coefficient (Wildman–Crippen LogP) is 0.718. The van der Waals surface area contributed by atoms with Crippen LogP contribution in [0.1, 0.15) is 18.9 Å². The van der Waals surface area contributed by atoms with Gasteiger partial charge in [-0.05, 0) is 6.92 Å². The number of hydrogen-bond acceptors (Lipinski definition) is 3. The molecule has 7 heteroatoms. The molecule has 0 saturated carbocycles. The average Bonchev–Trinajstić information content (AvgIpc) is 2.49. The molecule has 1 rings (SSSR count). The Morgan fingerprint density at radius 1 is 1.71 bits per heavy atom. The Balaban J connectivity index is 0.000000364. The second-order valence-electron chi connectivity index (χ2n) is 2.28. The summed E-state index contributed by atoms with van der Waals surface area (Å²) in [6.45, 7) is 5.23. The minimum atomic E-state index is -2.61.